The van der Waals surface area contributed by atoms with Crippen LogP contribution in [0.5, 0.6) is 11.5 Å². The summed E-state index contributed by atoms with van der Waals surface area (Å²) in [5, 5.41) is 8.17. The molecule has 2 aromatic rings. The summed E-state index contributed by atoms with van der Waals surface area (Å²) in [6.45, 7) is 1.96. The maximum atomic E-state index is 12.4. The lowest BCUT2D eigenvalue weighted by atomic mass is 10.1. The first-order chi connectivity index (χ1) is 12.8. The summed E-state index contributed by atoms with van der Waals surface area (Å²) in [5.41, 5.74) is 0.781. The summed E-state index contributed by atoms with van der Waals surface area (Å²) >= 11 is 0. The summed E-state index contributed by atoms with van der Waals surface area (Å²) in [7, 11) is 0. The second kappa shape index (κ2) is 7.76. The van der Waals surface area contributed by atoms with Crippen LogP contribution in [-0.4, -0.2) is 40.9 Å². The van der Waals surface area contributed by atoms with Crippen molar-refractivity contribution < 1.29 is 18.7 Å². The van der Waals surface area contributed by atoms with E-state index in [4.69, 9.17) is 13.9 Å². The van der Waals surface area contributed by atoms with Gasteiger partial charge in [-0.2, -0.15) is 0 Å². The number of hydrogen-bond donors (Lipinski definition) is 0. The Balaban J connectivity index is 1.35. The second-order valence-electron chi connectivity index (χ2n) is 6.72. The SMILES string of the molecule is O=C(CCc1nnc(-c2ccc3c(c2)OCO3)o1)N1CCCCCCC1. The number of rotatable bonds is 4. The van der Waals surface area contributed by atoms with Gasteiger partial charge in [0.15, 0.2) is 11.5 Å². The number of likely N-dealkylation sites (tertiary alicyclic amines) is 1. The molecule has 0 radical (unpaired) electrons. The van der Waals surface area contributed by atoms with E-state index in [1.54, 1.807) is 0 Å². The van der Waals surface area contributed by atoms with E-state index in [-0.39, 0.29) is 12.7 Å². The molecule has 1 saturated heterocycles. The van der Waals surface area contributed by atoms with E-state index in [1.165, 1.54) is 19.3 Å². The third kappa shape index (κ3) is 3.81. The van der Waals surface area contributed by atoms with Crippen molar-refractivity contribution in [3.05, 3.63) is 24.1 Å². The minimum Gasteiger partial charge on any atom is -0.454 e. The van der Waals surface area contributed by atoms with Crippen LogP contribution in [0.3, 0.4) is 0 Å². The molecule has 1 aromatic carbocycles. The van der Waals surface area contributed by atoms with Gasteiger partial charge >= 0.3 is 0 Å². The fourth-order valence-corrected chi connectivity index (χ4v) is 3.37. The van der Waals surface area contributed by atoms with Gasteiger partial charge in [-0.15, -0.1) is 10.2 Å². The van der Waals surface area contributed by atoms with Crippen molar-refractivity contribution in [3.8, 4) is 23.0 Å². The fraction of sp³-hybridized carbons (Fsp3) is 0.526. The molecule has 4 rings (SSSR count). The smallest absolute Gasteiger partial charge is 0.247 e. The fourth-order valence-electron chi connectivity index (χ4n) is 3.37. The lowest BCUT2D eigenvalue weighted by molar-refractivity contribution is -0.131. The molecule has 3 heterocycles. The molecule has 1 amide bonds. The van der Waals surface area contributed by atoms with Gasteiger partial charge in [-0.1, -0.05) is 19.3 Å². The average Bonchev–Trinajstić information content (AvgIpc) is 3.28. The van der Waals surface area contributed by atoms with Gasteiger partial charge in [0.05, 0.1) is 0 Å². The summed E-state index contributed by atoms with van der Waals surface area (Å²) in [6, 6.07) is 5.51. The molecule has 26 heavy (non-hydrogen) atoms. The molecule has 0 unspecified atom stereocenters. The van der Waals surface area contributed by atoms with Crippen molar-refractivity contribution in [3.63, 3.8) is 0 Å². The molecule has 2 aliphatic rings. The van der Waals surface area contributed by atoms with Crippen LogP contribution in [0.15, 0.2) is 22.6 Å². The highest BCUT2D eigenvalue weighted by atomic mass is 16.7. The van der Waals surface area contributed by atoms with E-state index < -0.39 is 0 Å². The van der Waals surface area contributed by atoms with Crippen molar-refractivity contribution in [2.45, 2.75) is 44.9 Å². The average molecular weight is 357 g/mol. The molecule has 0 saturated carbocycles. The number of amides is 1. The Hall–Kier alpha value is -2.57. The lowest BCUT2D eigenvalue weighted by Crippen LogP contribution is -2.33. The Kier molecular flexibility index (Phi) is 5.04. The van der Waals surface area contributed by atoms with Crippen molar-refractivity contribution in [2.24, 2.45) is 0 Å². The van der Waals surface area contributed by atoms with Gasteiger partial charge in [0, 0.05) is 31.5 Å². The van der Waals surface area contributed by atoms with Gasteiger partial charge in [0.1, 0.15) is 0 Å². The van der Waals surface area contributed by atoms with Crippen LogP contribution < -0.4 is 9.47 Å². The normalized spacial score (nSPS) is 17.0. The summed E-state index contributed by atoms with van der Waals surface area (Å²) in [6.07, 6.45) is 6.78. The lowest BCUT2D eigenvalue weighted by Gasteiger charge is -2.24. The number of carbonyl (C=O) groups is 1. The molecule has 138 valence electrons. The quantitative estimate of drug-likeness (QED) is 0.836. The minimum atomic E-state index is 0.176. The molecule has 1 aromatic heterocycles. The number of aryl methyl sites for hydroxylation is 1. The highest BCUT2D eigenvalue weighted by molar-refractivity contribution is 5.76. The molecule has 0 N–H and O–H groups in total. The third-order valence-electron chi connectivity index (χ3n) is 4.85. The van der Waals surface area contributed by atoms with Gasteiger partial charge < -0.3 is 18.8 Å². The van der Waals surface area contributed by atoms with Crippen molar-refractivity contribution in [1.29, 1.82) is 0 Å². The Morgan fingerprint density at radius 1 is 1.00 bits per heavy atom. The number of ether oxygens (including phenoxy) is 2. The summed E-state index contributed by atoms with van der Waals surface area (Å²) in [4.78, 5) is 14.4. The largest absolute Gasteiger partial charge is 0.454 e. The molecule has 0 bridgehead atoms. The van der Waals surface area contributed by atoms with Crippen molar-refractivity contribution in [1.82, 2.24) is 15.1 Å². The van der Waals surface area contributed by atoms with Gasteiger partial charge in [-0.25, -0.2) is 0 Å². The number of nitrogens with zero attached hydrogens (tertiary/aromatic N) is 3. The van der Waals surface area contributed by atoms with Gasteiger partial charge in [-0.3, -0.25) is 4.79 Å². The molecule has 7 nitrogen and oxygen atoms in total. The summed E-state index contributed by atoms with van der Waals surface area (Å²) < 4.78 is 16.4. The van der Waals surface area contributed by atoms with Crippen LogP contribution >= 0.6 is 0 Å². The number of hydrogen-bond acceptors (Lipinski definition) is 6. The van der Waals surface area contributed by atoms with Gasteiger partial charge in [0.25, 0.3) is 0 Å². The van der Waals surface area contributed by atoms with E-state index in [1.807, 2.05) is 23.1 Å². The van der Waals surface area contributed by atoms with E-state index >= 15 is 0 Å². The molecule has 0 spiro atoms. The molecule has 1 fully saturated rings. The van der Waals surface area contributed by atoms with Crippen LogP contribution in [0.25, 0.3) is 11.5 Å². The highest BCUT2D eigenvalue weighted by Crippen LogP contribution is 2.35. The molecule has 0 aliphatic carbocycles. The van der Waals surface area contributed by atoms with Crippen molar-refractivity contribution >= 4 is 5.91 Å². The Bertz CT molecular complexity index is 766. The molecular weight excluding hydrogens is 334 g/mol. The van der Waals surface area contributed by atoms with Gasteiger partial charge in [-0.05, 0) is 31.0 Å². The molecule has 0 atom stereocenters. The Labute approximate surface area is 152 Å². The second-order valence-corrected chi connectivity index (χ2v) is 6.72. The standard InChI is InChI=1S/C19H23N3O4/c23-18(22-10-4-2-1-3-5-11-22)9-8-17-20-21-19(26-17)14-6-7-15-16(12-14)25-13-24-15/h6-7,12H,1-5,8-11,13H2. The van der Waals surface area contributed by atoms with Crippen LogP contribution in [-0.2, 0) is 11.2 Å². The van der Waals surface area contributed by atoms with Crippen LogP contribution in [0.4, 0.5) is 0 Å². The predicted molar refractivity (Wildman–Crippen MR) is 93.8 cm³/mol. The first-order valence-electron chi connectivity index (χ1n) is 9.30. The zero-order valence-electron chi connectivity index (χ0n) is 14.8. The van der Waals surface area contributed by atoms with Crippen LogP contribution in [0.2, 0.25) is 0 Å². The number of aromatic nitrogens is 2. The van der Waals surface area contributed by atoms with Crippen LogP contribution in [0, 0.1) is 0 Å². The monoisotopic (exact) mass is 357 g/mol. The maximum Gasteiger partial charge on any atom is 0.247 e. The van der Waals surface area contributed by atoms with Crippen molar-refractivity contribution in [2.75, 3.05) is 19.9 Å². The topological polar surface area (TPSA) is 77.7 Å². The van der Waals surface area contributed by atoms with E-state index in [0.717, 1.165) is 31.5 Å². The van der Waals surface area contributed by atoms with Crippen LogP contribution in [0.1, 0.15) is 44.4 Å². The van der Waals surface area contributed by atoms with Gasteiger partial charge in [0.2, 0.25) is 24.5 Å². The first-order valence-corrected chi connectivity index (χ1v) is 9.30. The zero-order chi connectivity index (χ0) is 17.8. The molecule has 7 heteroatoms. The highest BCUT2D eigenvalue weighted by Gasteiger charge is 2.18. The summed E-state index contributed by atoms with van der Waals surface area (Å²) in [5.74, 6) is 2.48. The zero-order valence-corrected chi connectivity index (χ0v) is 14.8. The van der Waals surface area contributed by atoms with E-state index in [9.17, 15) is 4.79 Å². The first kappa shape index (κ1) is 16.9. The number of benzene rings is 1. The predicted octanol–water partition coefficient (Wildman–Crippen LogP) is 3.19. The van der Waals surface area contributed by atoms with E-state index in [0.29, 0.717) is 36.1 Å². The molecule has 2 aliphatic heterocycles. The number of carbonyl (C=O) groups excluding carboxylic acids is 1. The molecular formula is C19H23N3O4. The Morgan fingerprint density at radius 3 is 2.62 bits per heavy atom. The maximum absolute atomic E-state index is 12.4. The Morgan fingerprint density at radius 2 is 1.77 bits per heavy atom. The minimum absolute atomic E-state index is 0.176. The number of fused-ring (bicyclic) bond motifs is 1. The van der Waals surface area contributed by atoms with E-state index in [2.05, 4.69) is 10.2 Å². The third-order valence-corrected chi connectivity index (χ3v) is 4.85.